The molecule has 3 nitrogen and oxygen atoms in total. The molecule has 0 aliphatic carbocycles. The zero-order valence-electron chi connectivity index (χ0n) is 15.4. The van der Waals surface area contributed by atoms with Crippen LogP contribution in [0.2, 0.25) is 0 Å². The number of aromatic nitrogens is 2. The molecule has 1 heterocycles. The highest BCUT2D eigenvalue weighted by Gasteiger charge is 2.13. The number of hydrogen-bond donors (Lipinski definition) is 0. The van der Waals surface area contributed by atoms with Gasteiger partial charge in [0.05, 0.1) is 0 Å². The second-order valence-corrected chi connectivity index (χ2v) is 6.62. The molecule has 3 aromatic carbocycles. The molecule has 0 saturated carbocycles. The summed E-state index contributed by atoms with van der Waals surface area (Å²) in [6, 6.07) is 26.8. The van der Waals surface area contributed by atoms with Crippen LogP contribution >= 0.6 is 0 Å². The lowest BCUT2D eigenvalue weighted by Crippen LogP contribution is -1.90. The third kappa shape index (κ3) is 3.82. The fourth-order valence-electron chi connectivity index (χ4n) is 3.20. The fourth-order valence-corrected chi connectivity index (χ4v) is 3.20. The second-order valence-electron chi connectivity index (χ2n) is 6.62. The lowest BCUT2D eigenvalue weighted by atomic mass is 10.0. The molecule has 0 saturated heterocycles. The van der Waals surface area contributed by atoms with Gasteiger partial charge in [0, 0.05) is 11.1 Å². The van der Waals surface area contributed by atoms with Gasteiger partial charge in [0.1, 0.15) is 0 Å². The lowest BCUT2D eigenvalue weighted by Gasteiger charge is -2.05. The predicted molar refractivity (Wildman–Crippen MR) is 109 cm³/mol. The second kappa shape index (κ2) is 8.00. The van der Waals surface area contributed by atoms with Crippen molar-refractivity contribution in [3.63, 3.8) is 0 Å². The van der Waals surface area contributed by atoms with E-state index in [9.17, 15) is 0 Å². The minimum atomic E-state index is 0.551. The van der Waals surface area contributed by atoms with Gasteiger partial charge in [-0.05, 0) is 47.7 Å². The molecule has 134 valence electrons. The summed E-state index contributed by atoms with van der Waals surface area (Å²) in [5.41, 5.74) is 5.59. The summed E-state index contributed by atoms with van der Waals surface area (Å²) in [5.74, 6) is 1.14. The largest absolute Gasteiger partial charge is 0.416 e. The zero-order valence-corrected chi connectivity index (χ0v) is 15.4. The van der Waals surface area contributed by atoms with Crippen molar-refractivity contribution < 1.29 is 4.42 Å². The van der Waals surface area contributed by atoms with Crippen molar-refractivity contribution in [1.82, 2.24) is 10.2 Å². The summed E-state index contributed by atoms with van der Waals surface area (Å²) in [7, 11) is 0. The first kappa shape index (κ1) is 17.2. The number of aryl methyl sites for hydroxylation is 1. The van der Waals surface area contributed by atoms with Gasteiger partial charge >= 0.3 is 0 Å². The van der Waals surface area contributed by atoms with Crippen LogP contribution in [0, 0.1) is 0 Å². The monoisotopic (exact) mass is 354 g/mol. The molecule has 4 rings (SSSR count). The van der Waals surface area contributed by atoms with E-state index in [1.54, 1.807) is 0 Å². The van der Waals surface area contributed by atoms with E-state index in [1.165, 1.54) is 16.7 Å². The maximum atomic E-state index is 6.00. The van der Waals surface area contributed by atoms with Crippen LogP contribution in [0.1, 0.15) is 25.3 Å². The van der Waals surface area contributed by atoms with Crippen LogP contribution in [0.15, 0.2) is 83.3 Å². The quantitative estimate of drug-likeness (QED) is 0.401. The van der Waals surface area contributed by atoms with Gasteiger partial charge in [-0.3, -0.25) is 0 Å². The molecule has 0 fully saturated rings. The van der Waals surface area contributed by atoms with E-state index in [-0.39, 0.29) is 0 Å². The standard InChI is InChI=1S/C24H22N2O/c1-2-3-9-20-12-7-8-13-22(20)24-26-25-23(27-24)21-16-14-19(15-17-21)18-10-5-4-6-11-18/h4-8,10-17H,2-3,9H2,1H3. The van der Waals surface area contributed by atoms with Crippen molar-refractivity contribution in [1.29, 1.82) is 0 Å². The lowest BCUT2D eigenvalue weighted by molar-refractivity contribution is 0.583. The predicted octanol–water partition coefficient (Wildman–Crippen LogP) is 6.41. The van der Waals surface area contributed by atoms with E-state index in [0.29, 0.717) is 11.8 Å². The van der Waals surface area contributed by atoms with E-state index in [1.807, 2.05) is 36.4 Å². The molecule has 0 unspecified atom stereocenters. The first-order valence-corrected chi connectivity index (χ1v) is 9.43. The average Bonchev–Trinajstić information content (AvgIpc) is 3.23. The Bertz CT molecular complexity index is 1000. The van der Waals surface area contributed by atoms with Crippen LogP contribution in [0.4, 0.5) is 0 Å². The van der Waals surface area contributed by atoms with Crippen LogP contribution in [0.5, 0.6) is 0 Å². The summed E-state index contributed by atoms with van der Waals surface area (Å²) in [4.78, 5) is 0. The van der Waals surface area contributed by atoms with Gasteiger partial charge in [0.25, 0.3) is 0 Å². The van der Waals surface area contributed by atoms with Crippen LogP contribution in [0.25, 0.3) is 34.0 Å². The van der Waals surface area contributed by atoms with Gasteiger partial charge in [0.2, 0.25) is 11.8 Å². The molecule has 3 heteroatoms. The number of benzene rings is 3. The van der Waals surface area contributed by atoms with Crippen LogP contribution in [0.3, 0.4) is 0 Å². The van der Waals surface area contributed by atoms with Crippen molar-refractivity contribution in [3.05, 3.63) is 84.4 Å². The SMILES string of the molecule is CCCCc1ccccc1-c1nnc(-c2ccc(-c3ccccc3)cc2)o1. The van der Waals surface area contributed by atoms with Gasteiger partial charge < -0.3 is 4.42 Å². The third-order valence-corrected chi connectivity index (χ3v) is 4.71. The minimum absolute atomic E-state index is 0.551. The molecule has 27 heavy (non-hydrogen) atoms. The van der Waals surface area contributed by atoms with Gasteiger partial charge in [-0.1, -0.05) is 74.0 Å². The van der Waals surface area contributed by atoms with Crippen molar-refractivity contribution in [2.45, 2.75) is 26.2 Å². The molecular weight excluding hydrogens is 332 g/mol. The molecule has 4 aromatic rings. The molecule has 0 N–H and O–H groups in total. The molecule has 0 amide bonds. The molecule has 0 aliphatic rings. The summed E-state index contributed by atoms with van der Waals surface area (Å²) >= 11 is 0. The highest BCUT2D eigenvalue weighted by Crippen LogP contribution is 2.28. The minimum Gasteiger partial charge on any atom is -0.416 e. The third-order valence-electron chi connectivity index (χ3n) is 4.71. The Morgan fingerprint density at radius 2 is 1.30 bits per heavy atom. The van der Waals surface area contributed by atoms with Crippen molar-refractivity contribution in [2.24, 2.45) is 0 Å². The Labute approximate surface area is 159 Å². The number of nitrogens with zero attached hydrogens (tertiary/aromatic N) is 2. The summed E-state index contributed by atoms with van der Waals surface area (Å²) in [6.07, 6.45) is 3.34. The Balaban J connectivity index is 1.60. The number of rotatable bonds is 6. The highest BCUT2D eigenvalue weighted by molar-refractivity contribution is 5.67. The number of unbranched alkanes of at least 4 members (excludes halogenated alkanes) is 1. The smallest absolute Gasteiger partial charge is 0.248 e. The molecule has 0 radical (unpaired) electrons. The first-order valence-electron chi connectivity index (χ1n) is 9.43. The molecule has 0 aliphatic heterocycles. The van der Waals surface area contributed by atoms with E-state index in [0.717, 1.165) is 30.4 Å². The average molecular weight is 354 g/mol. The topological polar surface area (TPSA) is 38.9 Å². The highest BCUT2D eigenvalue weighted by atomic mass is 16.4. The maximum absolute atomic E-state index is 6.00. The van der Waals surface area contributed by atoms with E-state index in [4.69, 9.17) is 4.42 Å². The van der Waals surface area contributed by atoms with Crippen LogP contribution in [-0.4, -0.2) is 10.2 Å². The Morgan fingerprint density at radius 1 is 0.667 bits per heavy atom. The molecule has 1 aromatic heterocycles. The zero-order chi connectivity index (χ0) is 18.5. The molecule has 0 spiro atoms. The van der Waals surface area contributed by atoms with Crippen molar-refractivity contribution in [2.75, 3.05) is 0 Å². The summed E-state index contributed by atoms with van der Waals surface area (Å²) in [5, 5.41) is 8.57. The van der Waals surface area contributed by atoms with Crippen molar-refractivity contribution in [3.8, 4) is 34.0 Å². The van der Waals surface area contributed by atoms with Gasteiger partial charge in [-0.25, -0.2) is 0 Å². The Morgan fingerprint density at radius 3 is 2.07 bits per heavy atom. The number of hydrogen-bond acceptors (Lipinski definition) is 3. The van der Waals surface area contributed by atoms with Crippen LogP contribution < -0.4 is 0 Å². The summed E-state index contributed by atoms with van der Waals surface area (Å²) in [6.45, 7) is 2.20. The van der Waals surface area contributed by atoms with E-state index >= 15 is 0 Å². The molecule has 0 atom stereocenters. The summed E-state index contributed by atoms with van der Waals surface area (Å²) < 4.78 is 6.00. The van der Waals surface area contributed by atoms with Gasteiger partial charge in [-0.15, -0.1) is 10.2 Å². The maximum Gasteiger partial charge on any atom is 0.248 e. The first-order chi connectivity index (χ1) is 13.3. The Hall–Kier alpha value is -3.20. The molecule has 0 bridgehead atoms. The fraction of sp³-hybridized carbons (Fsp3) is 0.167. The van der Waals surface area contributed by atoms with Gasteiger partial charge in [-0.2, -0.15) is 0 Å². The van der Waals surface area contributed by atoms with Crippen molar-refractivity contribution >= 4 is 0 Å². The van der Waals surface area contributed by atoms with E-state index in [2.05, 4.69) is 59.6 Å². The van der Waals surface area contributed by atoms with E-state index < -0.39 is 0 Å². The Kier molecular flexibility index (Phi) is 5.10. The van der Waals surface area contributed by atoms with Gasteiger partial charge in [0.15, 0.2) is 0 Å². The van der Waals surface area contributed by atoms with Crippen LogP contribution in [-0.2, 0) is 6.42 Å². The normalized spacial score (nSPS) is 10.9. The molecular formula is C24H22N2O.